The average Bonchev–Trinajstić information content (AvgIpc) is 3.85. The number of carboxylic acid groups (broad SMARTS) is 2. The Bertz CT molecular complexity index is 2020. The highest BCUT2D eigenvalue weighted by atomic mass is 32.1. The van der Waals surface area contributed by atoms with Gasteiger partial charge < -0.3 is 36.6 Å². The molecule has 2 amide bonds. The molecular formula is C53H88N12O8S. The molecule has 0 bridgehead atoms. The lowest BCUT2D eigenvalue weighted by Crippen LogP contribution is -2.43. The summed E-state index contributed by atoms with van der Waals surface area (Å²) in [5.41, 5.74) is 7.59. The number of nitrogens with two attached hydrogens (primary N) is 1. The molecule has 3 aliphatic heterocycles. The lowest BCUT2D eigenvalue weighted by Gasteiger charge is -2.24. The monoisotopic (exact) mass is 1050 g/mol. The summed E-state index contributed by atoms with van der Waals surface area (Å²) in [7, 11) is 0. The Hall–Kier alpha value is -5.86. The maximum atomic E-state index is 12.0. The smallest absolute Gasteiger partial charge is 0.306 e. The maximum Gasteiger partial charge on any atom is 0.306 e. The van der Waals surface area contributed by atoms with Crippen LogP contribution in [0.1, 0.15) is 197 Å². The summed E-state index contributed by atoms with van der Waals surface area (Å²) in [5.74, 6) is 0.678. The number of nitrogens with zero attached hydrogens (tertiary/aromatic N) is 7. The summed E-state index contributed by atoms with van der Waals surface area (Å²) in [6.45, 7) is 17.1. The van der Waals surface area contributed by atoms with E-state index in [0.717, 1.165) is 132 Å². The van der Waals surface area contributed by atoms with Gasteiger partial charge in [0.1, 0.15) is 11.6 Å². The zero-order chi connectivity index (χ0) is 54.6. The number of aliphatic imine (C=N–C) groups is 2. The zero-order valence-corrected chi connectivity index (χ0v) is 46.0. The van der Waals surface area contributed by atoms with Crippen molar-refractivity contribution < 1.29 is 38.9 Å². The molecule has 5 heterocycles. The van der Waals surface area contributed by atoms with Crippen LogP contribution in [0.15, 0.2) is 34.8 Å². The minimum Gasteiger partial charge on any atom is -0.481 e. The van der Waals surface area contributed by atoms with Crippen LogP contribution in [0, 0.1) is 19.3 Å². The molecule has 414 valence electrons. The van der Waals surface area contributed by atoms with Gasteiger partial charge in [0.05, 0.1) is 19.4 Å². The van der Waals surface area contributed by atoms with E-state index in [0.29, 0.717) is 62.4 Å². The number of nitrogens with one attached hydrogen (secondary N) is 4. The van der Waals surface area contributed by atoms with Crippen molar-refractivity contribution >= 4 is 59.0 Å². The second-order valence-corrected chi connectivity index (χ2v) is 20.4. The second kappa shape index (κ2) is 37.8. The quantitative estimate of drug-likeness (QED) is 0.0344. The predicted octanol–water partition coefficient (Wildman–Crippen LogP) is 7.39. The molecule has 1 fully saturated rings. The van der Waals surface area contributed by atoms with E-state index in [9.17, 15) is 24.0 Å². The molecule has 0 saturated carbocycles. The van der Waals surface area contributed by atoms with Gasteiger partial charge in [-0.1, -0.05) is 59.3 Å². The number of ether oxygens (including phenoxy) is 1. The van der Waals surface area contributed by atoms with Crippen molar-refractivity contribution in [3.05, 3.63) is 47.6 Å². The number of aliphatic carboxylic acids is 2. The number of hydrogen-bond acceptors (Lipinski definition) is 15. The fourth-order valence-electron chi connectivity index (χ4n) is 7.94. The molecule has 3 aliphatic rings. The van der Waals surface area contributed by atoms with Crippen molar-refractivity contribution in [1.29, 1.82) is 0 Å². The molecule has 1 saturated heterocycles. The number of esters is 1. The Morgan fingerprint density at radius 1 is 0.703 bits per heavy atom. The number of guanidine groups is 2. The van der Waals surface area contributed by atoms with Gasteiger partial charge in [-0.05, 0) is 126 Å². The summed E-state index contributed by atoms with van der Waals surface area (Å²) in [6, 6.07) is 0. The Labute approximate surface area is 445 Å². The first-order chi connectivity index (χ1) is 35.4. The van der Waals surface area contributed by atoms with Gasteiger partial charge in [-0.15, -0.1) is 0 Å². The van der Waals surface area contributed by atoms with Gasteiger partial charge in [0, 0.05) is 83.3 Å². The molecule has 20 nitrogen and oxygen atoms in total. The Morgan fingerprint density at radius 3 is 1.74 bits per heavy atom. The lowest BCUT2D eigenvalue weighted by atomic mass is 9.91. The lowest BCUT2D eigenvalue weighted by molar-refractivity contribution is -0.143. The third-order valence-corrected chi connectivity index (χ3v) is 12.3. The second-order valence-electron chi connectivity index (χ2n) is 20.0. The molecule has 0 unspecified atom stereocenters. The summed E-state index contributed by atoms with van der Waals surface area (Å²) >= 11 is 4.87. The molecule has 2 aromatic heterocycles. The van der Waals surface area contributed by atoms with Crippen LogP contribution in [0.2, 0.25) is 0 Å². The Morgan fingerprint density at radius 2 is 1.20 bits per heavy atom. The first-order valence-electron chi connectivity index (χ1n) is 26.7. The summed E-state index contributed by atoms with van der Waals surface area (Å²) < 4.78 is 5.04. The highest BCUT2D eigenvalue weighted by molar-refractivity contribution is 7.80. The van der Waals surface area contributed by atoms with Crippen molar-refractivity contribution in [3.8, 4) is 0 Å². The van der Waals surface area contributed by atoms with Crippen LogP contribution in [-0.2, 0) is 28.7 Å². The van der Waals surface area contributed by atoms with Gasteiger partial charge in [-0.25, -0.2) is 19.9 Å². The molecule has 0 spiro atoms. The summed E-state index contributed by atoms with van der Waals surface area (Å²) in [5, 5.41) is 30.7. The number of aryl methyl sites for hydroxylation is 2. The average molecular weight is 1050 g/mol. The van der Waals surface area contributed by atoms with E-state index < -0.39 is 11.9 Å². The minimum absolute atomic E-state index is 0.00364. The number of carbonyl (C=O) groups excluding carboxylic acids is 3. The summed E-state index contributed by atoms with van der Waals surface area (Å²) in [4.78, 5) is 84.2. The first kappa shape index (κ1) is 64.3. The van der Waals surface area contributed by atoms with E-state index in [2.05, 4.69) is 72.0 Å². The van der Waals surface area contributed by atoms with Gasteiger partial charge in [-0.3, -0.25) is 44.2 Å². The molecule has 8 N–H and O–H groups in total. The number of aromatic nitrogens is 4. The van der Waals surface area contributed by atoms with Crippen LogP contribution in [0.5, 0.6) is 0 Å². The summed E-state index contributed by atoms with van der Waals surface area (Å²) in [6.07, 6.45) is 24.0. The van der Waals surface area contributed by atoms with Crippen LogP contribution < -0.4 is 27.0 Å². The van der Waals surface area contributed by atoms with Crippen LogP contribution in [0.3, 0.4) is 0 Å². The van der Waals surface area contributed by atoms with E-state index in [4.69, 9.17) is 32.9 Å². The molecular weight excluding hydrogens is 965 g/mol. The molecule has 5 rings (SSSR count). The maximum absolute atomic E-state index is 12.0. The standard InChI is InChI=1S/C20H31N5O3.C17H26N2O4.C11H21N3O.C5H10N2S/c1-15-23-13-17(14-24-15)16(12-19(27)28)8-4-2-3-5-9-18(26)25-20-21-10-6-7-11-22-20;1-3-23-17(22)10-14(15-11-18-13(2)19-12-15)8-6-4-5-7-9-16(20)21;1-11(2,3)8-9(15)14-7-5-4-6-13-10(14)12;8-5-6-3-1-2-4-7-5/h13-14,16H,2-12H2,1H3,(H,27,28)(H2,21,22,25,26);11-12,14H,3-10H2,1-2H3,(H,20,21);4-8H2,1-3H3,(H2,12,13);1-4H2,(H2,6,7,8)/t16-;14-;;/m00../s1. The van der Waals surface area contributed by atoms with Crippen molar-refractivity contribution in [1.82, 2.24) is 46.1 Å². The number of hydrogen-bond donors (Lipinski definition) is 7. The number of rotatable bonds is 22. The third kappa shape index (κ3) is 31.7. The van der Waals surface area contributed by atoms with Crippen LogP contribution in [0.25, 0.3) is 0 Å². The molecule has 74 heavy (non-hydrogen) atoms. The van der Waals surface area contributed by atoms with Crippen molar-refractivity contribution in [3.63, 3.8) is 0 Å². The highest BCUT2D eigenvalue weighted by Gasteiger charge is 2.24. The number of amides is 2. The van der Waals surface area contributed by atoms with E-state index >= 15 is 0 Å². The normalized spacial score (nSPS) is 15.4. The van der Waals surface area contributed by atoms with E-state index in [-0.39, 0.29) is 47.9 Å². The molecule has 0 aromatic carbocycles. The van der Waals surface area contributed by atoms with Crippen molar-refractivity contribution in [2.75, 3.05) is 45.9 Å². The van der Waals surface area contributed by atoms with Gasteiger partial charge in [0.2, 0.25) is 11.8 Å². The fourth-order valence-corrected chi connectivity index (χ4v) is 8.15. The molecule has 0 radical (unpaired) electrons. The minimum atomic E-state index is -0.808. The zero-order valence-electron chi connectivity index (χ0n) is 45.2. The molecule has 0 aliphatic carbocycles. The number of unbranched alkanes of at least 4 members (excludes halogenated alkanes) is 6. The van der Waals surface area contributed by atoms with Gasteiger partial charge in [0.15, 0.2) is 17.0 Å². The number of carboxylic acids is 2. The van der Waals surface area contributed by atoms with Crippen LogP contribution in [-0.4, -0.2) is 128 Å². The SMILES string of the molecule is CC(C)(C)CC(=O)N1CCCCN=C1N.CCOC(=O)C[C@H](CCCCCCC(=O)O)c1cnc(C)nc1.Cc1ncc([C@@H](CCCCCCC(=O)NC2=NCCCCN2)CC(=O)O)cn1.S=C1NCCCCN1. The first-order valence-corrected chi connectivity index (χ1v) is 27.1. The van der Waals surface area contributed by atoms with Crippen LogP contribution in [0.4, 0.5) is 0 Å². The van der Waals surface area contributed by atoms with E-state index in [1.54, 1.807) is 36.6 Å². The Kier molecular flexibility index (Phi) is 32.8. The molecule has 2 atom stereocenters. The fraction of sp³-hybridized carbons (Fsp3) is 0.698. The Balaban J connectivity index is 0.000000364. The molecule has 2 aromatic rings. The van der Waals surface area contributed by atoms with E-state index in [1.165, 1.54) is 12.8 Å². The predicted molar refractivity (Wildman–Crippen MR) is 293 cm³/mol. The van der Waals surface area contributed by atoms with Crippen LogP contribution >= 0.6 is 12.2 Å². The third-order valence-electron chi connectivity index (χ3n) is 12.0. The van der Waals surface area contributed by atoms with Crippen molar-refractivity contribution in [2.24, 2.45) is 21.1 Å². The largest absolute Gasteiger partial charge is 0.481 e. The van der Waals surface area contributed by atoms with E-state index in [1.807, 2.05) is 13.8 Å². The molecule has 21 heteroatoms. The number of carbonyl (C=O) groups is 5. The topological polar surface area (TPSA) is 289 Å². The van der Waals surface area contributed by atoms with Gasteiger partial charge in [-0.2, -0.15) is 0 Å². The van der Waals surface area contributed by atoms with Gasteiger partial charge >= 0.3 is 17.9 Å². The number of thiocarbonyl (C=S) groups is 1. The van der Waals surface area contributed by atoms with Gasteiger partial charge in [0.25, 0.3) is 0 Å². The highest BCUT2D eigenvalue weighted by Crippen LogP contribution is 2.27. The van der Waals surface area contributed by atoms with Crippen molar-refractivity contribution in [2.45, 2.75) is 188 Å².